The highest BCUT2D eigenvalue weighted by Crippen LogP contribution is 2.25. The van der Waals surface area contributed by atoms with E-state index in [2.05, 4.69) is 21.6 Å². The van der Waals surface area contributed by atoms with E-state index < -0.39 is 5.97 Å². The third-order valence-electron chi connectivity index (χ3n) is 4.45. The number of hydrogen-bond acceptors (Lipinski definition) is 8. The van der Waals surface area contributed by atoms with Crippen LogP contribution in [0.15, 0.2) is 34.8 Å². The maximum absolute atomic E-state index is 12.4. The van der Waals surface area contributed by atoms with Gasteiger partial charge in [0.2, 0.25) is 5.91 Å². The fourth-order valence-corrected chi connectivity index (χ4v) is 4.54. The average molecular weight is 461 g/mol. The Morgan fingerprint density at radius 1 is 1.23 bits per heavy atom. The number of carbonyl (C=O) groups is 2. The number of thioether (sulfide) groups is 1. The maximum Gasteiger partial charge on any atom is 0.340 e. The molecule has 0 aliphatic carbocycles. The number of hydrogen-bond donors (Lipinski definition) is 1. The van der Waals surface area contributed by atoms with Crippen molar-refractivity contribution in [3.8, 4) is 5.75 Å². The van der Waals surface area contributed by atoms with Gasteiger partial charge in [0.25, 0.3) is 0 Å². The smallest absolute Gasteiger partial charge is 0.340 e. The molecule has 2 heterocycles. The standard InChI is InChI=1S/C21H24N4O4S2/c1-5-25-17(11-29-16-7-6-13(2)10-14(16)3)23-24-21(25)31-12-18(26)22-19-15(8-9-30-19)20(27)28-4/h6-10H,5,11-12H2,1-4H3,(H,22,26). The van der Waals surface area contributed by atoms with Crippen LogP contribution in [0.5, 0.6) is 5.75 Å². The summed E-state index contributed by atoms with van der Waals surface area (Å²) >= 11 is 2.55. The number of amides is 1. The number of ether oxygens (including phenoxy) is 2. The van der Waals surface area contributed by atoms with Gasteiger partial charge in [-0.1, -0.05) is 29.5 Å². The molecule has 0 bridgehead atoms. The zero-order valence-corrected chi connectivity index (χ0v) is 19.4. The SMILES string of the molecule is CCn1c(COc2ccc(C)cc2C)nnc1SCC(=O)Nc1sccc1C(=O)OC. The molecular weight excluding hydrogens is 436 g/mol. The molecule has 8 nitrogen and oxygen atoms in total. The second-order valence-corrected chi connectivity index (χ2v) is 8.55. The van der Waals surface area contributed by atoms with Gasteiger partial charge in [0.05, 0.1) is 18.4 Å². The Morgan fingerprint density at radius 2 is 2.03 bits per heavy atom. The molecule has 0 radical (unpaired) electrons. The van der Waals surface area contributed by atoms with Crippen LogP contribution < -0.4 is 10.1 Å². The highest BCUT2D eigenvalue weighted by atomic mass is 32.2. The molecule has 1 amide bonds. The molecule has 2 aromatic heterocycles. The molecule has 1 N–H and O–H groups in total. The van der Waals surface area contributed by atoms with Gasteiger partial charge >= 0.3 is 5.97 Å². The number of thiophene rings is 1. The number of esters is 1. The van der Waals surface area contributed by atoms with E-state index in [1.165, 1.54) is 35.8 Å². The molecule has 0 aliphatic rings. The number of nitrogens with zero attached hydrogens (tertiary/aromatic N) is 3. The highest BCUT2D eigenvalue weighted by Gasteiger charge is 2.17. The molecule has 3 rings (SSSR count). The Bertz CT molecular complexity index is 1080. The molecule has 0 saturated carbocycles. The number of methoxy groups -OCH3 is 1. The summed E-state index contributed by atoms with van der Waals surface area (Å²) in [4.78, 5) is 24.1. The van der Waals surface area contributed by atoms with Crippen molar-refractivity contribution in [1.82, 2.24) is 14.8 Å². The van der Waals surface area contributed by atoms with Crippen LogP contribution in [0.1, 0.15) is 34.2 Å². The van der Waals surface area contributed by atoms with Gasteiger partial charge in [0.1, 0.15) is 17.4 Å². The largest absolute Gasteiger partial charge is 0.485 e. The van der Waals surface area contributed by atoms with Gasteiger partial charge < -0.3 is 19.4 Å². The number of aromatic nitrogens is 3. The quantitative estimate of drug-likeness (QED) is 0.380. The van der Waals surface area contributed by atoms with Crippen LogP contribution in [0.2, 0.25) is 0 Å². The molecule has 3 aromatic rings. The first-order chi connectivity index (χ1) is 14.9. The zero-order chi connectivity index (χ0) is 22.4. The molecule has 164 valence electrons. The second-order valence-electron chi connectivity index (χ2n) is 6.69. The van der Waals surface area contributed by atoms with Crippen molar-refractivity contribution in [3.05, 3.63) is 52.2 Å². The number of aryl methyl sites for hydroxylation is 2. The topological polar surface area (TPSA) is 95.3 Å². The lowest BCUT2D eigenvalue weighted by Gasteiger charge is -2.11. The van der Waals surface area contributed by atoms with Gasteiger partial charge in [-0.15, -0.1) is 21.5 Å². The summed E-state index contributed by atoms with van der Waals surface area (Å²) in [6, 6.07) is 7.64. The Kier molecular flexibility index (Phi) is 7.69. The van der Waals surface area contributed by atoms with E-state index in [4.69, 9.17) is 9.47 Å². The van der Waals surface area contributed by atoms with Crippen molar-refractivity contribution < 1.29 is 19.1 Å². The lowest BCUT2D eigenvalue weighted by Crippen LogP contribution is -2.16. The predicted molar refractivity (Wildman–Crippen MR) is 121 cm³/mol. The van der Waals surface area contributed by atoms with E-state index in [-0.39, 0.29) is 18.3 Å². The lowest BCUT2D eigenvalue weighted by atomic mass is 10.1. The molecule has 0 aliphatic heterocycles. The first-order valence-electron chi connectivity index (χ1n) is 9.63. The van der Waals surface area contributed by atoms with E-state index in [1.54, 1.807) is 11.4 Å². The van der Waals surface area contributed by atoms with Gasteiger partial charge in [0, 0.05) is 6.54 Å². The Labute approximate surface area is 189 Å². The minimum Gasteiger partial charge on any atom is -0.485 e. The summed E-state index contributed by atoms with van der Waals surface area (Å²) in [5, 5.41) is 14.0. The monoisotopic (exact) mass is 460 g/mol. The molecule has 10 heteroatoms. The van der Waals surface area contributed by atoms with E-state index >= 15 is 0 Å². The number of nitrogens with one attached hydrogen (secondary N) is 1. The second kappa shape index (κ2) is 10.5. The van der Waals surface area contributed by atoms with E-state index in [0.29, 0.717) is 28.1 Å². The summed E-state index contributed by atoms with van der Waals surface area (Å²) in [7, 11) is 1.31. The minimum absolute atomic E-state index is 0.134. The summed E-state index contributed by atoms with van der Waals surface area (Å²) in [6.07, 6.45) is 0. The fourth-order valence-electron chi connectivity index (χ4n) is 2.92. The lowest BCUT2D eigenvalue weighted by molar-refractivity contribution is -0.113. The van der Waals surface area contributed by atoms with Crippen molar-refractivity contribution in [2.45, 2.75) is 39.1 Å². The van der Waals surface area contributed by atoms with E-state index in [9.17, 15) is 9.59 Å². The van der Waals surface area contributed by atoms with Gasteiger partial charge in [-0.05, 0) is 43.8 Å². The van der Waals surface area contributed by atoms with E-state index in [1.807, 2.05) is 37.5 Å². The van der Waals surface area contributed by atoms with Crippen molar-refractivity contribution in [3.63, 3.8) is 0 Å². The number of benzene rings is 1. The Morgan fingerprint density at radius 3 is 2.74 bits per heavy atom. The van der Waals surface area contributed by atoms with Crippen LogP contribution in [0.4, 0.5) is 5.00 Å². The molecule has 0 fully saturated rings. The van der Waals surface area contributed by atoms with Crippen molar-refractivity contribution >= 4 is 40.0 Å². The average Bonchev–Trinajstić information content (AvgIpc) is 3.37. The van der Waals surface area contributed by atoms with Gasteiger partial charge in [-0.3, -0.25) is 4.79 Å². The molecule has 31 heavy (non-hydrogen) atoms. The minimum atomic E-state index is -0.483. The van der Waals surface area contributed by atoms with Crippen molar-refractivity contribution in [2.75, 3.05) is 18.2 Å². The first-order valence-corrected chi connectivity index (χ1v) is 11.5. The van der Waals surface area contributed by atoms with Crippen molar-refractivity contribution in [1.29, 1.82) is 0 Å². The third-order valence-corrected chi connectivity index (χ3v) is 6.25. The van der Waals surface area contributed by atoms with E-state index in [0.717, 1.165) is 11.3 Å². The van der Waals surface area contributed by atoms with Crippen LogP contribution in [0.25, 0.3) is 0 Å². The highest BCUT2D eigenvalue weighted by molar-refractivity contribution is 7.99. The van der Waals surface area contributed by atoms with Gasteiger partial charge in [0.15, 0.2) is 11.0 Å². The Hall–Kier alpha value is -2.85. The molecule has 0 atom stereocenters. The Balaban J connectivity index is 1.60. The number of rotatable bonds is 9. The maximum atomic E-state index is 12.4. The molecule has 0 spiro atoms. The summed E-state index contributed by atoms with van der Waals surface area (Å²) in [6.45, 7) is 6.97. The molecular formula is C21H24N4O4S2. The van der Waals surface area contributed by atoms with Gasteiger partial charge in [-0.2, -0.15) is 0 Å². The van der Waals surface area contributed by atoms with Gasteiger partial charge in [-0.25, -0.2) is 4.79 Å². The summed E-state index contributed by atoms with van der Waals surface area (Å²) < 4.78 is 12.6. The van der Waals surface area contributed by atoms with Crippen LogP contribution in [-0.2, 0) is 22.7 Å². The molecule has 1 aromatic carbocycles. The fraction of sp³-hybridized carbons (Fsp3) is 0.333. The molecule has 0 unspecified atom stereocenters. The van der Waals surface area contributed by atoms with Crippen LogP contribution in [0.3, 0.4) is 0 Å². The zero-order valence-electron chi connectivity index (χ0n) is 17.8. The van der Waals surface area contributed by atoms with Crippen LogP contribution in [0, 0.1) is 13.8 Å². The summed E-state index contributed by atoms with van der Waals surface area (Å²) in [5.74, 6) is 0.910. The van der Waals surface area contributed by atoms with Crippen LogP contribution >= 0.6 is 23.1 Å². The van der Waals surface area contributed by atoms with Crippen LogP contribution in [-0.4, -0.2) is 39.5 Å². The number of anilines is 1. The number of carbonyl (C=O) groups excluding carboxylic acids is 2. The predicted octanol–water partition coefficient (Wildman–Crippen LogP) is 4.07. The molecule has 0 saturated heterocycles. The first kappa shape index (κ1) is 22.8. The van der Waals surface area contributed by atoms with Crippen molar-refractivity contribution in [2.24, 2.45) is 0 Å². The third kappa shape index (κ3) is 5.65. The normalized spacial score (nSPS) is 10.7. The summed E-state index contributed by atoms with van der Waals surface area (Å²) in [5.41, 5.74) is 2.59.